The van der Waals surface area contributed by atoms with Crippen molar-refractivity contribution in [1.29, 1.82) is 0 Å². The quantitative estimate of drug-likeness (QED) is 0.833. The van der Waals surface area contributed by atoms with E-state index in [0.29, 0.717) is 22.9 Å². The second-order valence-corrected chi connectivity index (χ2v) is 7.61. The maximum atomic E-state index is 12.5. The minimum absolute atomic E-state index is 0.674. The Morgan fingerprint density at radius 2 is 2.00 bits per heavy atom. The number of nitrogens with zero attached hydrogens (tertiary/aromatic N) is 1. The molecule has 1 saturated heterocycles. The van der Waals surface area contributed by atoms with Gasteiger partial charge in [-0.1, -0.05) is 22.4 Å². The largest absolute Gasteiger partial charge is 0.494 e. The van der Waals surface area contributed by atoms with Crippen molar-refractivity contribution in [3.63, 3.8) is 0 Å². The maximum absolute atomic E-state index is 12.5. The Hall–Kier alpha value is -0.550. The van der Waals surface area contributed by atoms with Crippen LogP contribution >= 0.6 is 15.9 Å². The molecule has 1 aliphatic heterocycles. The van der Waals surface area contributed by atoms with E-state index in [0.717, 1.165) is 17.3 Å². The van der Waals surface area contributed by atoms with Gasteiger partial charge in [-0.3, -0.25) is 0 Å². The highest BCUT2D eigenvalue weighted by molar-refractivity contribution is 9.10. The van der Waals surface area contributed by atoms with Gasteiger partial charge in [0, 0.05) is 16.0 Å². The van der Waals surface area contributed by atoms with Crippen molar-refractivity contribution in [2.24, 2.45) is 4.36 Å². The van der Waals surface area contributed by atoms with Gasteiger partial charge in [-0.25, -0.2) is 4.21 Å². The van der Waals surface area contributed by atoms with Crippen LogP contribution in [0.3, 0.4) is 0 Å². The third kappa shape index (κ3) is 3.22. The van der Waals surface area contributed by atoms with E-state index in [2.05, 4.69) is 20.3 Å². The van der Waals surface area contributed by atoms with E-state index >= 15 is 0 Å². The lowest BCUT2D eigenvalue weighted by Crippen LogP contribution is -2.15. The molecule has 0 saturated carbocycles. The van der Waals surface area contributed by atoms with E-state index < -0.39 is 9.73 Å². The van der Waals surface area contributed by atoms with Crippen LogP contribution in [0.25, 0.3) is 0 Å². The summed E-state index contributed by atoms with van der Waals surface area (Å²) in [7, 11) is -0.453. The van der Waals surface area contributed by atoms with Crippen molar-refractivity contribution in [3.8, 4) is 5.75 Å². The number of hydrogen-bond donors (Lipinski definition) is 0. The van der Waals surface area contributed by atoms with E-state index in [1.165, 1.54) is 6.42 Å². The molecule has 17 heavy (non-hydrogen) atoms. The van der Waals surface area contributed by atoms with Gasteiger partial charge >= 0.3 is 0 Å². The Morgan fingerprint density at radius 1 is 1.29 bits per heavy atom. The molecule has 0 atom stereocenters. The van der Waals surface area contributed by atoms with Gasteiger partial charge in [0.25, 0.3) is 0 Å². The Balaban J connectivity index is 2.40. The molecule has 1 aliphatic rings. The Bertz CT molecular complexity index is 509. The molecule has 0 unspecified atom stereocenters. The summed E-state index contributed by atoms with van der Waals surface area (Å²) in [4.78, 5) is 0. The number of rotatable bonds is 2. The second kappa shape index (κ2) is 5.40. The van der Waals surface area contributed by atoms with Crippen LogP contribution in [0.15, 0.2) is 27.0 Å². The summed E-state index contributed by atoms with van der Waals surface area (Å²) < 4.78 is 23.1. The molecule has 1 heterocycles. The highest BCUT2D eigenvalue weighted by Crippen LogP contribution is 2.32. The van der Waals surface area contributed by atoms with Gasteiger partial charge in [0.15, 0.2) is 0 Å². The lowest BCUT2D eigenvalue weighted by Gasteiger charge is -2.16. The number of hydrogen-bond acceptors (Lipinski definition) is 3. The Morgan fingerprint density at radius 3 is 2.65 bits per heavy atom. The predicted molar refractivity (Wildman–Crippen MR) is 74.5 cm³/mol. The molecular weight excluding hydrogens is 302 g/mol. The molecule has 0 radical (unpaired) electrons. The van der Waals surface area contributed by atoms with E-state index in [4.69, 9.17) is 4.74 Å². The SMILES string of the molecule is COc1cc(Br)ccc1N=S1(=O)CCCCC1. The van der Waals surface area contributed by atoms with Gasteiger partial charge in [0.2, 0.25) is 0 Å². The predicted octanol–water partition coefficient (Wildman–Crippen LogP) is 3.74. The van der Waals surface area contributed by atoms with E-state index in [1.54, 1.807) is 7.11 Å². The summed E-state index contributed by atoms with van der Waals surface area (Å²) in [5, 5.41) is 0. The molecule has 3 nitrogen and oxygen atoms in total. The molecule has 94 valence electrons. The normalized spacial score (nSPS) is 18.7. The van der Waals surface area contributed by atoms with Crippen LogP contribution in [-0.2, 0) is 9.73 Å². The average molecular weight is 318 g/mol. The fourth-order valence-corrected chi connectivity index (χ4v) is 4.48. The first-order valence-electron chi connectivity index (χ1n) is 5.69. The number of methoxy groups -OCH3 is 1. The molecule has 0 aliphatic carbocycles. The van der Waals surface area contributed by atoms with E-state index in [9.17, 15) is 4.21 Å². The molecule has 0 spiro atoms. The van der Waals surface area contributed by atoms with Gasteiger partial charge in [-0.2, -0.15) is 4.36 Å². The molecule has 1 aromatic carbocycles. The molecule has 0 bridgehead atoms. The third-order valence-corrected chi connectivity index (χ3v) is 5.71. The van der Waals surface area contributed by atoms with Crippen molar-refractivity contribution < 1.29 is 8.95 Å². The molecular formula is C12H16BrNO2S. The van der Waals surface area contributed by atoms with Gasteiger partial charge in [-0.15, -0.1) is 0 Å². The van der Waals surface area contributed by atoms with Gasteiger partial charge in [-0.05, 0) is 31.0 Å². The van der Waals surface area contributed by atoms with Crippen LogP contribution in [0.1, 0.15) is 19.3 Å². The van der Waals surface area contributed by atoms with Gasteiger partial charge in [0.05, 0.1) is 16.8 Å². The molecule has 0 amide bonds. The van der Waals surface area contributed by atoms with Gasteiger partial charge < -0.3 is 4.74 Å². The first-order valence-corrected chi connectivity index (χ1v) is 8.34. The summed E-state index contributed by atoms with van der Waals surface area (Å²) >= 11 is 3.38. The zero-order valence-electron chi connectivity index (χ0n) is 9.82. The lowest BCUT2D eigenvalue weighted by molar-refractivity contribution is 0.416. The zero-order valence-corrected chi connectivity index (χ0v) is 12.2. The van der Waals surface area contributed by atoms with Crippen molar-refractivity contribution in [1.82, 2.24) is 0 Å². The smallest absolute Gasteiger partial charge is 0.146 e. The summed E-state index contributed by atoms with van der Waals surface area (Å²) in [6.07, 6.45) is 3.20. The summed E-state index contributed by atoms with van der Waals surface area (Å²) in [6, 6.07) is 5.60. The van der Waals surface area contributed by atoms with Gasteiger partial charge in [0.1, 0.15) is 11.4 Å². The van der Waals surface area contributed by atoms with Crippen LogP contribution in [0, 0.1) is 0 Å². The van der Waals surface area contributed by atoms with Crippen LogP contribution in [-0.4, -0.2) is 22.8 Å². The fourth-order valence-electron chi connectivity index (χ4n) is 1.93. The van der Waals surface area contributed by atoms with Crippen LogP contribution in [0.4, 0.5) is 5.69 Å². The van der Waals surface area contributed by atoms with Crippen molar-refractivity contribution >= 4 is 31.3 Å². The molecule has 1 fully saturated rings. The summed E-state index contributed by atoms with van der Waals surface area (Å²) in [5.74, 6) is 2.10. The van der Waals surface area contributed by atoms with Crippen LogP contribution < -0.4 is 4.74 Å². The zero-order chi connectivity index (χ0) is 12.3. The first kappa shape index (κ1) is 12.9. The summed E-state index contributed by atoms with van der Waals surface area (Å²) in [5.41, 5.74) is 0.697. The Labute approximate surface area is 111 Å². The number of ether oxygens (including phenoxy) is 1. The molecule has 0 N–H and O–H groups in total. The number of halogens is 1. The topological polar surface area (TPSA) is 38.7 Å². The minimum Gasteiger partial charge on any atom is -0.494 e. The van der Waals surface area contributed by atoms with Crippen molar-refractivity contribution in [2.45, 2.75) is 19.3 Å². The maximum Gasteiger partial charge on any atom is 0.146 e. The average Bonchev–Trinajstić information content (AvgIpc) is 2.32. The lowest BCUT2D eigenvalue weighted by atomic mass is 10.3. The second-order valence-electron chi connectivity index (χ2n) is 4.15. The highest BCUT2D eigenvalue weighted by Gasteiger charge is 2.15. The van der Waals surface area contributed by atoms with E-state index in [-0.39, 0.29) is 0 Å². The molecule has 0 aromatic heterocycles. The fraction of sp³-hybridized carbons (Fsp3) is 0.500. The monoisotopic (exact) mass is 317 g/mol. The number of benzene rings is 1. The standard InChI is InChI=1S/C12H16BrNO2S/c1-16-12-9-10(13)5-6-11(12)14-17(15)7-3-2-4-8-17/h5-6,9H,2-4,7-8H2,1H3. The first-order chi connectivity index (χ1) is 8.13. The summed E-state index contributed by atoms with van der Waals surface area (Å²) in [6.45, 7) is 0. The molecule has 2 rings (SSSR count). The minimum atomic E-state index is -2.06. The van der Waals surface area contributed by atoms with E-state index in [1.807, 2.05) is 18.2 Å². The van der Waals surface area contributed by atoms with Crippen molar-refractivity contribution in [3.05, 3.63) is 22.7 Å². The highest BCUT2D eigenvalue weighted by atomic mass is 79.9. The van der Waals surface area contributed by atoms with Crippen molar-refractivity contribution in [2.75, 3.05) is 18.6 Å². The Kier molecular flexibility index (Phi) is 4.09. The molecule has 5 heteroatoms. The molecule has 1 aromatic rings. The van der Waals surface area contributed by atoms with Crippen LogP contribution in [0.2, 0.25) is 0 Å². The third-order valence-electron chi connectivity index (χ3n) is 2.83. The van der Waals surface area contributed by atoms with Crippen LogP contribution in [0.5, 0.6) is 5.75 Å².